The van der Waals surface area contributed by atoms with E-state index in [9.17, 15) is 4.79 Å². The van der Waals surface area contributed by atoms with Gasteiger partial charge in [0.15, 0.2) is 0 Å². The quantitative estimate of drug-likeness (QED) is 0.362. The van der Waals surface area contributed by atoms with Crippen LogP contribution in [-0.2, 0) is 0 Å². The Bertz CT molecular complexity index is 907. The minimum Gasteiger partial charge on any atom is -0.472 e. The Morgan fingerprint density at radius 1 is 1.25 bits per heavy atom. The van der Waals surface area contributed by atoms with E-state index in [1.165, 1.54) is 12.5 Å². The highest BCUT2D eigenvalue weighted by Crippen LogP contribution is 2.22. The van der Waals surface area contributed by atoms with Crippen molar-refractivity contribution in [3.05, 3.63) is 76.4 Å². The van der Waals surface area contributed by atoms with Crippen molar-refractivity contribution < 1.29 is 9.21 Å². The van der Waals surface area contributed by atoms with E-state index in [-0.39, 0.29) is 17.3 Å². The number of nitrogens with two attached hydrogens (primary N) is 1. The Hall–Kier alpha value is -2.93. The summed E-state index contributed by atoms with van der Waals surface area (Å²) in [7, 11) is 0. The van der Waals surface area contributed by atoms with Crippen LogP contribution >= 0.6 is 15.9 Å². The second-order valence-corrected chi connectivity index (χ2v) is 5.80. The van der Waals surface area contributed by atoms with Crippen LogP contribution in [0.15, 0.2) is 64.0 Å². The number of pyridine rings is 1. The minimum atomic E-state index is -0.345. The fourth-order valence-corrected chi connectivity index (χ4v) is 2.49. The molecule has 0 spiro atoms. The van der Waals surface area contributed by atoms with Gasteiger partial charge in [-0.1, -0.05) is 6.07 Å². The van der Waals surface area contributed by atoms with Gasteiger partial charge < -0.3 is 15.5 Å². The summed E-state index contributed by atoms with van der Waals surface area (Å²) in [5.74, 6) is -0.345. The van der Waals surface area contributed by atoms with Crippen LogP contribution in [0.3, 0.4) is 0 Å². The van der Waals surface area contributed by atoms with Crippen LogP contribution < -0.4 is 11.1 Å². The molecule has 24 heavy (non-hydrogen) atoms. The van der Waals surface area contributed by atoms with Crippen molar-refractivity contribution >= 4 is 38.9 Å². The van der Waals surface area contributed by atoms with Crippen LogP contribution in [0.5, 0.6) is 0 Å². The summed E-state index contributed by atoms with van der Waals surface area (Å²) in [6.45, 7) is 0. The molecule has 120 valence electrons. The summed E-state index contributed by atoms with van der Waals surface area (Å²) in [5.41, 5.74) is 8.55. The molecule has 2 heterocycles. The fourth-order valence-electron chi connectivity index (χ4n) is 2.14. The number of hydrogen-bond acceptors (Lipinski definition) is 5. The maximum atomic E-state index is 12.3. The number of nitrogens with zero attached hydrogens (tertiary/aromatic N) is 1. The molecule has 0 radical (unpaired) electrons. The van der Waals surface area contributed by atoms with Crippen molar-refractivity contribution in [1.29, 1.82) is 5.41 Å². The maximum Gasteiger partial charge on any atom is 0.274 e. The van der Waals surface area contributed by atoms with Crippen molar-refractivity contribution in [2.24, 2.45) is 0 Å². The number of nitrogen functional groups attached to an aromatic ring is 1. The highest BCUT2D eigenvalue weighted by atomic mass is 79.9. The van der Waals surface area contributed by atoms with Gasteiger partial charge in [-0.2, -0.15) is 0 Å². The Kier molecular flexibility index (Phi) is 4.43. The zero-order chi connectivity index (χ0) is 17.1. The molecule has 0 unspecified atom stereocenters. The zero-order valence-electron chi connectivity index (χ0n) is 12.4. The molecular formula is C17H13BrN4O2. The lowest BCUT2D eigenvalue weighted by Crippen LogP contribution is -2.14. The first-order chi connectivity index (χ1) is 11.5. The normalized spacial score (nSPS) is 10.4. The van der Waals surface area contributed by atoms with Gasteiger partial charge in [-0.25, -0.2) is 4.98 Å². The van der Waals surface area contributed by atoms with Crippen LogP contribution in [0.1, 0.15) is 21.6 Å². The average molecular weight is 385 g/mol. The predicted molar refractivity (Wildman–Crippen MR) is 95.4 cm³/mol. The van der Waals surface area contributed by atoms with Crippen molar-refractivity contribution in [2.75, 3.05) is 11.1 Å². The lowest BCUT2D eigenvalue weighted by Gasteiger charge is -2.10. The first kappa shape index (κ1) is 15.9. The SMILES string of the molecule is N=C(c1ccoc1)c1cc(NC(=O)c2cccc(Br)n2)ccc1N. The average Bonchev–Trinajstić information content (AvgIpc) is 3.10. The van der Waals surface area contributed by atoms with E-state index in [4.69, 9.17) is 15.6 Å². The molecule has 0 aliphatic heterocycles. The van der Waals surface area contributed by atoms with E-state index in [2.05, 4.69) is 26.2 Å². The van der Waals surface area contributed by atoms with Gasteiger partial charge in [0.2, 0.25) is 0 Å². The fraction of sp³-hybridized carbons (Fsp3) is 0. The monoisotopic (exact) mass is 384 g/mol. The first-order valence-corrected chi connectivity index (χ1v) is 7.79. The van der Waals surface area contributed by atoms with Gasteiger partial charge >= 0.3 is 0 Å². The number of nitrogens with one attached hydrogen (secondary N) is 2. The number of aromatic nitrogens is 1. The summed E-state index contributed by atoms with van der Waals surface area (Å²) in [5, 5.41) is 11.0. The first-order valence-electron chi connectivity index (χ1n) is 6.99. The maximum absolute atomic E-state index is 12.3. The number of rotatable bonds is 4. The van der Waals surface area contributed by atoms with Crippen LogP contribution in [0.25, 0.3) is 0 Å². The Morgan fingerprint density at radius 2 is 2.08 bits per heavy atom. The third kappa shape index (κ3) is 3.36. The van der Waals surface area contributed by atoms with Crippen LogP contribution in [0, 0.1) is 5.41 Å². The van der Waals surface area contributed by atoms with Gasteiger partial charge in [-0.15, -0.1) is 0 Å². The standard InChI is InChI=1S/C17H13BrN4O2/c18-15-3-1-2-14(22-15)17(23)21-11-4-5-13(19)12(8-11)16(20)10-6-7-24-9-10/h1-9,20H,19H2,(H,21,23). The van der Waals surface area contributed by atoms with E-state index in [1.54, 1.807) is 42.5 Å². The van der Waals surface area contributed by atoms with E-state index in [1.807, 2.05) is 0 Å². The predicted octanol–water partition coefficient (Wildman–Crippen LogP) is 3.69. The second kappa shape index (κ2) is 6.67. The van der Waals surface area contributed by atoms with E-state index in [0.717, 1.165) is 0 Å². The molecule has 0 bridgehead atoms. The summed E-state index contributed by atoms with van der Waals surface area (Å²) < 4.78 is 5.58. The molecule has 0 fully saturated rings. The molecule has 1 aromatic carbocycles. The topological polar surface area (TPSA) is 105 Å². The van der Waals surface area contributed by atoms with Crippen LogP contribution in [0.4, 0.5) is 11.4 Å². The number of furan rings is 1. The number of carbonyl (C=O) groups is 1. The number of carbonyl (C=O) groups excluding carboxylic acids is 1. The Balaban J connectivity index is 1.86. The van der Waals surface area contributed by atoms with Gasteiger partial charge in [-0.05, 0) is 52.3 Å². The molecule has 2 aromatic heterocycles. The molecule has 0 aliphatic rings. The Morgan fingerprint density at radius 3 is 2.79 bits per heavy atom. The van der Waals surface area contributed by atoms with Crippen LogP contribution in [0.2, 0.25) is 0 Å². The molecule has 4 N–H and O–H groups in total. The molecular weight excluding hydrogens is 372 g/mol. The van der Waals surface area contributed by atoms with E-state index < -0.39 is 0 Å². The lowest BCUT2D eigenvalue weighted by molar-refractivity contribution is 0.102. The number of hydrogen-bond donors (Lipinski definition) is 3. The molecule has 3 aromatic rings. The van der Waals surface area contributed by atoms with E-state index >= 15 is 0 Å². The molecule has 6 nitrogen and oxygen atoms in total. The lowest BCUT2D eigenvalue weighted by atomic mass is 10.0. The van der Waals surface area contributed by atoms with Gasteiger partial charge in [-0.3, -0.25) is 10.2 Å². The second-order valence-electron chi connectivity index (χ2n) is 4.99. The third-order valence-electron chi connectivity index (χ3n) is 3.34. The molecule has 0 saturated heterocycles. The Labute approximate surface area is 146 Å². The van der Waals surface area contributed by atoms with Gasteiger partial charge in [0.1, 0.15) is 10.3 Å². The van der Waals surface area contributed by atoms with Crippen molar-refractivity contribution in [2.45, 2.75) is 0 Å². The number of anilines is 2. The summed E-state index contributed by atoms with van der Waals surface area (Å²) in [6, 6.07) is 11.7. The number of benzene rings is 1. The molecule has 1 amide bonds. The van der Waals surface area contributed by atoms with Gasteiger partial charge in [0.05, 0.1) is 18.2 Å². The van der Waals surface area contributed by atoms with E-state index in [0.29, 0.717) is 27.1 Å². The number of amides is 1. The number of halogens is 1. The highest BCUT2D eigenvalue weighted by Gasteiger charge is 2.13. The molecule has 7 heteroatoms. The molecule has 0 atom stereocenters. The van der Waals surface area contributed by atoms with Crippen molar-refractivity contribution in [1.82, 2.24) is 4.98 Å². The zero-order valence-corrected chi connectivity index (χ0v) is 14.0. The molecule has 3 rings (SSSR count). The smallest absolute Gasteiger partial charge is 0.274 e. The summed E-state index contributed by atoms with van der Waals surface area (Å²) >= 11 is 3.23. The van der Waals surface area contributed by atoms with Crippen molar-refractivity contribution in [3.8, 4) is 0 Å². The van der Waals surface area contributed by atoms with Gasteiger partial charge in [0, 0.05) is 22.5 Å². The minimum absolute atomic E-state index is 0.220. The highest BCUT2D eigenvalue weighted by molar-refractivity contribution is 9.10. The third-order valence-corrected chi connectivity index (χ3v) is 3.78. The van der Waals surface area contributed by atoms with Gasteiger partial charge in [0.25, 0.3) is 5.91 Å². The largest absolute Gasteiger partial charge is 0.472 e. The molecule has 0 saturated carbocycles. The summed E-state index contributed by atoms with van der Waals surface area (Å²) in [6.07, 6.45) is 2.96. The molecule has 0 aliphatic carbocycles. The van der Waals surface area contributed by atoms with Crippen molar-refractivity contribution in [3.63, 3.8) is 0 Å². The van der Waals surface area contributed by atoms with Crippen LogP contribution in [-0.4, -0.2) is 16.6 Å². The summed E-state index contributed by atoms with van der Waals surface area (Å²) in [4.78, 5) is 16.4.